The predicted octanol–water partition coefficient (Wildman–Crippen LogP) is 6.01. The van der Waals surface area contributed by atoms with Crippen molar-refractivity contribution in [3.05, 3.63) is 101 Å². The Morgan fingerprint density at radius 3 is 2.26 bits per heavy atom. The number of carbonyl (C=O) groups is 1. The number of halogens is 1. The maximum absolute atomic E-state index is 12.8. The topological polar surface area (TPSA) is 17.1 Å². The third-order valence-electron chi connectivity index (χ3n) is 3.70. The molecule has 3 aromatic rings. The fourth-order valence-corrected chi connectivity index (χ4v) is 2.84. The first-order chi connectivity index (χ1) is 11.2. The van der Waals surface area contributed by atoms with E-state index < -0.39 is 0 Å². The zero-order valence-corrected chi connectivity index (χ0v) is 14.1. The average Bonchev–Trinajstić information content (AvgIpc) is 2.59. The highest BCUT2D eigenvalue weighted by Gasteiger charge is 2.14. The summed E-state index contributed by atoms with van der Waals surface area (Å²) in [6, 6.07) is 23.5. The molecule has 0 aliphatic rings. The Morgan fingerprint density at radius 1 is 0.870 bits per heavy atom. The van der Waals surface area contributed by atoms with Crippen molar-refractivity contribution < 1.29 is 4.79 Å². The molecule has 0 atom stereocenters. The van der Waals surface area contributed by atoms with Crippen molar-refractivity contribution in [3.8, 4) is 0 Å². The molecule has 0 heterocycles. The van der Waals surface area contributed by atoms with Crippen molar-refractivity contribution in [2.24, 2.45) is 0 Å². The second kappa shape index (κ2) is 6.76. The first-order valence-electron chi connectivity index (χ1n) is 7.31. The van der Waals surface area contributed by atoms with Gasteiger partial charge in [0.15, 0.2) is 5.78 Å². The van der Waals surface area contributed by atoms with Gasteiger partial charge in [-0.1, -0.05) is 95.3 Å². The quantitative estimate of drug-likeness (QED) is 0.315. The minimum atomic E-state index is -0.0413. The lowest BCUT2D eigenvalue weighted by molar-refractivity contribution is 0.103. The van der Waals surface area contributed by atoms with Crippen LogP contribution in [-0.4, -0.2) is 5.78 Å². The summed E-state index contributed by atoms with van der Waals surface area (Å²) in [5.74, 6) is -0.0413. The molecule has 0 bridgehead atoms. The van der Waals surface area contributed by atoms with Gasteiger partial charge in [-0.05, 0) is 22.4 Å². The lowest BCUT2D eigenvalue weighted by Gasteiger charge is -2.08. The van der Waals surface area contributed by atoms with Crippen molar-refractivity contribution in [3.63, 3.8) is 0 Å². The zero-order valence-electron chi connectivity index (χ0n) is 12.5. The van der Waals surface area contributed by atoms with E-state index in [1.807, 2.05) is 60.7 Å². The molecule has 2 heteroatoms. The molecular formula is C21H15BrO. The van der Waals surface area contributed by atoms with E-state index in [4.69, 9.17) is 0 Å². The standard InChI is InChI=1S/C21H15BrO/c1-15(22)20(21(23)17-9-3-2-4-10-17)14-18-12-7-11-16-8-5-6-13-19(16)18/h2-14H,1H2/b20-14+. The van der Waals surface area contributed by atoms with Crippen LogP contribution in [0.15, 0.2) is 89.4 Å². The summed E-state index contributed by atoms with van der Waals surface area (Å²) in [7, 11) is 0. The molecule has 0 aromatic heterocycles. The number of hydrogen-bond donors (Lipinski definition) is 0. The van der Waals surface area contributed by atoms with Gasteiger partial charge in [-0.3, -0.25) is 4.79 Å². The van der Waals surface area contributed by atoms with Crippen molar-refractivity contribution in [1.82, 2.24) is 0 Å². The summed E-state index contributed by atoms with van der Waals surface area (Å²) in [6.07, 6.45) is 1.90. The molecule has 0 radical (unpaired) electrons. The molecule has 23 heavy (non-hydrogen) atoms. The SMILES string of the molecule is C=C(Br)/C(=C\c1cccc2ccccc12)C(=O)c1ccccc1. The molecule has 0 saturated carbocycles. The maximum atomic E-state index is 12.8. The van der Waals surface area contributed by atoms with Crippen molar-refractivity contribution in [1.29, 1.82) is 0 Å². The monoisotopic (exact) mass is 362 g/mol. The van der Waals surface area contributed by atoms with Crippen molar-refractivity contribution in [2.75, 3.05) is 0 Å². The van der Waals surface area contributed by atoms with Gasteiger partial charge in [-0.25, -0.2) is 0 Å². The Kier molecular flexibility index (Phi) is 4.54. The van der Waals surface area contributed by atoms with Crippen LogP contribution in [0.3, 0.4) is 0 Å². The maximum Gasteiger partial charge on any atom is 0.194 e. The minimum Gasteiger partial charge on any atom is -0.289 e. The van der Waals surface area contributed by atoms with Crippen LogP contribution in [0.4, 0.5) is 0 Å². The van der Waals surface area contributed by atoms with E-state index in [9.17, 15) is 4.79 Å². The Labute approximate surface area is 144 Å². The number of hydrogen-bond acceptors (Lipinski definition) is 1. The molecular weight excluding hydrogens is 348 g/mol. The Balaban J connectivity index is 2.12. The molecule has 0 unspecified atom stereocenters. The van der Waals surface area contributed by atoms with Gasteiger partial charge in [0.25, 0.3) is 0 Å². The molecule has 0 fully saturated rings. The molecule has 0 amide bonds. The molecule has 0 spiro atoms. The van der Waals surface area contributed by atoms with Crippen LogP contribution < -0.4 is 0 Å². The van der Waals surface area contributed by atoms with Crippen LogP contribution in [0, 0.1) is 0 Å². The Bertz CT molecular complexity index is 902. The van der Waals surface area contributed by atoms with Gasteiger partial charge in [0.2, 0.25) is 0 Å². The molecule has 0 saturated heterocycles. The Hall–Kier alpha value is -2.45. The third kappa shape index (κ3) is 3.33. The second-order valence-corrected chi connectivity index (χ2v) is 6.18. The number of allylic oxidation sites excluding steroid dienone is 2. The van der Waals surface area contributed by atoms with E-state index in [2.05, 4.69) is 40.7 Å². The number of carbonyl (C=O) groups excluding carboxylic acids is 1. The molecule has 112 valence electrons. The largest absolute Gasteiger partial charge is 0.289 e. The molecule has 0 N–H and O–H groups in total. The van der Waals surface area contributed by atoms with Gasteiger partial charge in [-0.15, -0.1) is 0 Å². The number of Topliss-reactive ketones (excluding diaryl/α,β-unsaturated/α-hetero) is 1. The van der Waals surface area contributed by atoms with Gasteiger partial charge in [0.1, 0.15) is 0 Å². The van der Waals surface area contributed by atoms with E-state index in [1.54, 1.807) is 0 Å². The third-order valence-corrected chi connectivity index (χ3v) is 4.12. The number of fused-ring (bicyclic) bond motifs is 1. The number of benzene rings is 3. The van der Waals surface area contributed by atoms with Crippen LogP contribution >= 0.6 is 15.9 Å². The summed E-state index contributed by atoms with van der Waals surface area (Å²) >= 11 is 3.38. The average molecular weight is 363 g/mol. The van der Waals surface area contributed by atoms with E-state index in [1.165, 1.54) is 0 Å². The minimum absolute atomic E-state index is 0.0413. The summed E-state index contributed by atoms with van der Waals surface area (Å²) in [4.78, 5) is 12.8. The van der Waals surface area contributed by atoms with Crippen molar-refractivity contribution in [2.45, 2.75) is 0 Å². The first kappa shape index (κ1) is 15.4. The van der Waals surface area contributed by atoms with Gasteiger partial charge in [-0.2, -0.15) is 0 Å². The number of rotatable bonds is 4. The van der Waals surface area contributed by atoms with E-state index in [0.717, 1.165) is 16.3 Å². The highest BCUT2D eigenvalue weighted by molar-refractivity contribution is 9.12. The van der Waals surface area contributed by atoms with Gasteiger partial charge in [0, 0.05) is 15.6 Å². The number of ketones is 1. The van der Waals surface area contributed by atoms with Crippen LogP contribution in [0.5, 0.6) is 0 Å². The predicted molar refractivity (Wildman–Crippen MR) is 101 cm³/mol. The smallest absolute Gasteiger partial charge is 0.194 e. The summed E-state index contributed by atoms with van der Waals surface area (Å²) in [5, 5.41) is 2.26. The molecule has 0 aliphatic carbocycles. The second-order valence-electron chi connectivity index (χ2n) is 5.23. The van der Waals surface area contributed by atoms with E-state index in [0.29, 0.717) is 15.6 Å². The fraction of sp³-hybridized carbons (Fsp3) is 0. The molecule has 3 rings (SSSR count). The van der Waals surface area contributed by atoms with E-state index in [-0.39, 0.29) is 5.78 Å². The van der Waals surface area contributed by atoms with Crippen LogP contribution in [0.1, 0.15) is 15.9 Å². The molecule has 3 aromatic carbocycles. The van der Waals surface area contributed by atoms with Crippen LogP contribution in [-0.2, 0) is 0 Å². The normalized spacial score (nSPS) is 11.4. The zero-order chi connectivity index (χ0) is 16.2. The lowest BCUT2D eigenvalue weighted by Crippen LogP contribution is -2.03. The van der Waals surface area contributed by atoms with E-state index >= 15 is 0 Å². The van der Waals surface area contributed by atoms with Gasteiger partial charge >= 0.3 is 0 Å². The van der Waals surface area contributed by atoms with Gasteiger partial charge in [0.05, 0.1) is 0 Å². The summed E-state index contributed by atoms with van der Waals surface area (Å²) < 4.78 is 0.583. The lowest BCUT2D eigenvalue weighted by atomic mass is 9.98. The van der Waals surface area contributed by atoms with Crippen LogP contribution in [0.25, 0.3) is 16.8 Å². The first-order valence-corrected chi connectivity index (χ1v) is 8.10. The highest BCUT2D eigenvalue weighted by atomic mass is 79.9. The Morgan fingerprint density at radius 2 is 1.52 bits per heavy atom. The van der Waals surface area contributed by atoms with Gasteiger partial charge < -0.3 is 0 Å². The van der Waals surface area contributed by atoms with Crippen molar-refractivity contribution >= 4 is 38.6 Å². The molecule has 1 nitrogen and oxygen atoms in total. The summed E-state index contributed by atoms with van der Waals surface area (Å²) in [5.41, 5.74) is 2.22. The fourth-order valence-electron chi connectivity index (χ4n) is 2.54. The van der Waals surface area contributed by atoms with Crippen LogP contribution in [0.2, 0.25) is 0 Å². The molecule has 0 aliphatic heterocycles. The summed E-state index contributed by atoms with van der Waals surface area (Å²) in [6.45, 7) is 3.91. The highest BCUT2D eigenvalue weighted by Crippen LogP contribution is 2.26.